The number of amides is 1. The van der Waals surface area contributed by atoms with Gasteiger partial charge in [-0.2, -0.15) is 5.10 Å². The normalized spacial score (nSPS) is 11.3. The number of hydrogen-bond acceptors (Lipinski definition) is 5. The summed E-state index contributed by atoms with van der Waals surface area (Å²) in [7, 11) is -4.10. The van der Waals surface area contributed by atoms with Gasteiger partial charge in [0.2, 0.25) is 0 Å². The van der Waals surface area contributed by atoms with E-state index < -0.39 is 28.3 Å². The topological polar surface area (TPSA) is 88.1 Å². The lowest BCUT2D eigenvalue weighted by molar-refractivity contribution is -0.119. The summed E-state index contributed by atoms with van der Waals surface area (Å²) in [6, 6.07) is 28.1. The van der Waals surface area contributed by atoms with Gasteiger partial charge in [0, 0.05) is 0 Å². The molecule has 0 aliphatic rings. The molecule has 0 aromatic heterocycles. The quantitative estimate of drug-likeness (QED) is 0.229. The summed E-state index contributed by atoms with van der Waals surface area (Å²) in [5.74, 6) is -0.498. The van der Waals surface area contributed by atoms with E-state index in [9.17, 15) is 17.6 Å². The summed E-state index contributed by atoms with van der Waals surface area (Å²) in [6.07, 6.45) is 1.44. The highest BCUT2D eigenvalue weighted by atomic mass is 32.2. The van der Waals surface area contributed by atoms with Gasteiger partial charge in [0.1, 0.15) is 24.7 Å². The van der Waals surface area contributed by atoms with Gasteiger partial charge in [0.25, 0.3) is 15.9 Å². The molecule has 0 saturated carbocycles. The van der Waals surface area contributed by atoms with Crippen LogP contribution in [-0.2, 0) is 21.4 Å². The van der Waals surface area contributed by atoms with Crippen molar-refractivity contribution < 1.29 is 22.3 Å². The van der Waals surface area contributed by atoms with E-state index in [1.165, 1.54) is 30.5 Å². The van der Waals surface area contributed by atoms with Crippen LogP contribution in [0.1, 0.15) is 16.7 Å². The van der Waals surface area contributed by atoms with Crippen molar-refractivity contribution in [3.05, 3.63) is 126 Å². The maximum Gasteiger partial charge on any atom is 0.264 e. The molecule has 0 aliphatic heterocycles. The molecule has 7 nitrogen and oxygen atoms in total. The third-order valence-corrected chi connectivity index (χ3v) is 7.33. The average molecular weight is 532 g/mol. The largest absolute Gasteiger partial charge is 0.489 e. The van der Waals surface area contributed by atoms with Gasteiger partial charge in [0.15, 0.2) is 0 Å². The summed E-state index contributed by atoms with van der Waals surface area (Å²) in [5, 5.41) is 3.95. The van der Waals surface area contributed by atoms with Gasteiger partial charge in [-0.3, -0.25) is 9.10 Å². The van der Waals surface area contributed by atoms with Gasteiger partial charge < -0.3 is 4.74 Å². The lowest BCUT2D eigenvalue weighted by Crippen LogP contribution is -2.39. The number of rotatable bonds is 10. The fraction of sp³-hybridized carbons (Fsp3) is 0.103. The summed E-state index contributed by atoms with van der Waals surface area (Å²) in [4.78, 5) is 12.7. The van der Waals surface area contributed by atoms with Crippen molar-refractivity contribution in [3.8, 4) is 5.75 Å². The second-order valence-electron chi connectivity index (χ2n) is 8.44. The van der Waals surface area contributed by atoms with Crippen LogP contribution >= 0.6 is 0 Å². The zero-order chi connectivity index (χ0) is 27.0. The Hall–Kier alpha value is -4.50. The minimum absolute atomic E-state index is 0.0123. The highest BCUT2D eigenvalue weighted by Crippen LogP contribution is 2.24. The first-order chi connectivity index (χ1) is 18.3. The van der Waals surface area contributed by atoms with E-state index in [0.29, 0.717) is 17.9 Å². The van der Waals surface area contributed by atoms with E-state index in [4.69, 9.17) is 4.74 Å². The zero-order valence-corrected chi connectivity index (χ0v) is 21.4. The second kappa shape index (κ2) is 12.2. The summed E-state index contributed by atoms with van der Waals surface area (Å²) in [6.45, 7) is 1.73. The Morgan fingerprint density at radius 3 is 2.24 bits per heavy atom. The zero-order valence-electron chi connectivity index (χ0n) is 20.6. The Labute approximate surface area is 221 Å². The van der Waals surface area contributed by atoms with E-state index in [1.807, 2.05) is 37.3 Å². The number of ether oxygens (including phenoxy) is 1. The van der Waals surface area contributed by atoms with E-state index in [1.54, 1.807) is 36.4 Å². The molecule has 1 N–H and O–H groups in total. The Morgan fingerprint density at radius 1 is 0.921 bits per heavy atom. The lowest BCUT2D eigenvalue weighted by Gasteiger charge is -2.23. The van der Waals surface area contributed by atoms with Crippen LogP contribution in [0.4, 0.5) is 10.1 Å². The molecule has 0 saturated heterocycles. The molecule has 1 amide bonds. The number of carbonyl (C=O) groups is 1. The van der Waals surface area contributed by atoms with Crippen LogP contribution in [0.25, 0.3) is 0 Å². The van der Waals surface area contributed by atoms with Crippen LogP contribution in [0, 0.1) is 12.7 Å². The maximum absolute atomic E-state index is 13.5. The molecule has 0 radical (unpaired) electrons. The number of sulfonamides is 1. The van der Waals surface area contributed by atoms with Crippen LogP contribution in [-0.4, -0.2) is 27.1 Å². The molecule has 0 atom stereocenters. The predicted molar refractivity (Wildman–Crippen MR) is 145 cm³/mol. The Bertz CT molecular complexity index is 1490. The Kier molecular flexibility index (Phi) is 8.50. The molecule has 0 unspecified atom stereocenters. The van der Waals surface area contributed by atoms with Gasteiger partial charge in [0.05, 0.1) is 16.8 Å². The fourth-order valence-corrected chi connectivity index (χ4v) is 4.92. The minimum atomic E-state index is -4.10. The lowest BCUT2D eigenvalue weighted by atomic mass is 10.2. The summed E-state index contributed by atoms with van der Waals surface area (Å²) >= 11 is 0. The van der Waals surface area contributed by atoms with Crippen molar-refractivity contribution in [1.82, 2.24) is 5.43 Å². The SMILES string of the molecule is Cc1ccc(S(=O)(=O)N(CC(=O)N/N=C\c2ccc(OCc3ccccc3)cc2)c2ccc(F)cc2)cc1. The van der Waals surface area contributed by atoms with Gasteiger partial charge in [-0.1, -0.05) is 48.0 Å². The molecule has 9 heteroatoms. The van der Waals surface area contributed by atoms with Crippen LogP contribution in [0.2, 0.25) is 0 Å². The van der Waals surface area contributed by atoms with E-state index in [0.717, 1.165) is 27.6 Å². The number of benzene rings is 4. The molecule has 0 heterocycles. The third-order valence-electron chi connectivity index (χ3n) is 5.54. The van der Waals surface area contributed by atoms with Crippen molar-refractivity contribution in [1.29, 1.82) is 0 Å². The first-order valence-corrected chi connectivity index (χ1v) is 13.2. The van der Waals surface area contributed by atoms with Crippen molar-refractivity contribution >= 4 is 27.8 Å². The van der Waals surface area contributed by atoms with Crippen molar-refractivity contribution in [2.24, 2.45) is 5.10 Å². The third kappa shape index (κ3) is 7.04. The van der Waals surface area contributed by atoms with Crippen LogP contribution in [0.15, 0.2) is 113 Å². The van der Waals surface area contributed by atoms with E-state index >= 15 is 0 Å². The van der Waals surface area contributed by atoms with Gasteiger partial charge >= 0.3 is 0 Å². The summed E-state index contributed by atoms with van der Waals surface area (Å²) < 4.78 is 46.8. The number of aryl methyl sites for hydroxylation is 1. The van der Waals surface area contributed by atoms with Crippen molar-refractivity contribution in [2.45, 2.75) is 18.4 Å². The first-order valence-electron chi connectivity index (χ1n) is 11.7. The standard InChI is InChI=1S/C29H26FN3O4S/c1-22-7-17-28(18-8-22)38(35,36)33(26-13-11-25(30)12-14-26)20-29(34)32-31-19-23-9-15-27(16-10-23)37-21-24-5-3-2-4-6-24/h2-19H,20-21H2,1H3,(H,32,34)/b31-19-. The first kappa shape index (κ1) is 26.6. The van der Waals surface area contributed by atoms with Crippen molar-refractivity contribution in [2.75, 3.05) is 10.8 Å². The summed E-state index contributed by atoms with van der Waals surface area (Å²) in [5.41, 5.74) is 5.16. The Balaban J connectivity index is 1.41. The number of carbonyl (C=O) groups excluding carboxylic acids is 1. The second-order valence-corrected chi connectivity index (χ2v) is 10.3. The molecule has 0 spiro atoms. The molecule has 38 heavy (non-hydrogen) atoms. The average Bonchev–Trinajstić information content (AvgIpc) is 2.93. The molecule has 0 bridgehead atoms. The number of nitrogens with zero attached hydrogens (tertiary/aromatic N) is 2. The highest BCUT2D eigenvalue weighted by molar-refractivity contribution is 7.92. The van der Waals surface area contributed by atoms with E-state index in [-0.39, 0.29) is 10.6 Å². The van der Waals surface area contributed by atoms with E-state index in [2.05, 4.69) is 10.5 Å². The molecule has 4 aromatic carbocycles. The smallest absolute Gasteiger partial charge is 0.264 e. The van der Waals surface area contributed by atoms with Gasteiger partial charge in [-0.05, 0) is 78.7 Å². The minimum Gasteiger partial charge on any atom is -0.489 e. The number of hydrogen-bond donors (Lipinski definition) is 1. The molecule has 194 valence electrons. The number of halogens is 1. The van der Waals surface area contributed by atoms with Crippen LogP contribution in [0.3, 0.4) is 0 Å². The van der Waals surface area contributed by atoms with Gasteiger partial charge in [-0.25, -0.2) is 18.2 Å². The Morgan fingerprint density at radius 2 is 1.58 bits per heavy atom. The predicted octanol–water partition coefficient (Wildman–Crippen LogP) is 5.06. The molecule has 0 aliphatic carbocycles. The molecular weight excluding hydrogens is 505 g/mol. The number of nitrogens with one attached hydrogen (secondary N) is 1. The number of hydrazone groups is 1. The number of anilines is 1. The molecule has 4 rings (SSSR count). The highest BCUT2D eigenvalue weighted by Gasteiger charge is 2.27. The van der Waals surface area contributed by atoms with Crippen molar-refractivity contribution in [3.63, 3.8) is 0 Å². The van der Waals surface area contributed by atoms with Gasteiger partial charge in [-0.15, -0.1) is 0 Å². The fourth-order valence-electron chi connectivity index (χ4n) is 3.50. The molecular formula is C29H26FN3O4S. The molecule has 0 fully saturated rings. The van der Waals surface area contributed by atoms with Crippen LogP contribution < -0.4 is 14.5 Å². The maximum atomic E-state index is 13.5. The van der Waals surface area contributed by atoms with Crippen LogP contribution in [0.5, 0.6) is 5.75 Å². The molecule has 4 aromatic rings. The monoisotopic (exact) mass is 531 g/mol.